The molecule has 0 aliphatic heterocycles. The van der Waals surface area contributed by atoms with Gasteiger partial charge in [-0.3, -0.25) is 19.6 Å². The normalized spacial score (nSPS) is 10.0. The van der Waals surface area contributed by atoms with E-state index in [1.807, 2.05) is 6.92 Å². The standard InChI is InChI=1S/C9H15N5O3/c1-3-10-8(15)4-5-11-9-7(14(16)17)6-13(2)12-9/h6H,3-5H2,1-2H3,(H,10,15)(H,11,12). The number of amides is 1. The average molecular weight is 241 g/mol. The topological polar surface area (TPSA) is 102 Å². The Hall–Kier alpha value is -2.12. The molecular formula is C9H15N5O3. The van der Waals surface area contributed by atoms with Crippen LogP contribution in [0.1, 0.15) is 13.3 Å². The molecule has 0 spiro atoms. The first-order chi connectivity index (χ1) is 8.04. The number of carbonyl (C=O) groups is 1. The number of nitrogens with one attached hydrogen (secondary N) is 2. The van der Waals surface area contributed by atoms with Crippen LogP contribution in [0.2, 0.25) is 0 Å². The molecule has 1 amide bonds. The van der Waals surface area contributed by atoms with Crippen LogP contribution in [0, 0.1) is 10.1 Å². The van der Waals surface area contributed by atoms with Crippen molar-refractivity contribution in [1.82, 2.24) is 15.1 Å². The Kier molecular flexibility index (Phi) is 4.44. The molecule has 0 atom stereocenters. The highest BCUT2D eigenvalue weighted by atomic mass is 16.6. The maximum absolute atomic E-state index is 11.1. The first-order valence-corrected chi connectivity index (χ1v) is 5.23. The quantitative estimate of drug-likeness (QED) is 0.549. The molecule has 8 nitrogen and oxygen atoms in total. The van der Waals surface area contributed by atoms with Gasteiger partial charge in [0.05, 0.1) is 4.92 Å². The summed E-state index contributed by atoms with van der Waals surface area (Å²) in [5, 5.41) is 20.0. The first-order valence-electron chi connectivity index (χ1n) is 5.23. The lowest BCUT2D eigenvalue weighted by Crippen LogP contribution is -2.24. The summed E-state index contributed by atoms with van der Waals surface area (Å²) < 4.78 is 1.35. The van der Waals surface area contributed by atoms with E-state index >= 15 is 0 Å². The van der Waals surface area contributed by atoms with Crippen LogP contribution in [-0.2, 0) is 11.8 Å². The van der Waals surface area contributed by atoms with Crippen molar-refractivity contribution >= 4 is 17.4 Å². The predicted octanol–water partition coefficient (Wildman–Crippen LogP) is 0.266. The van der Waals surface area contributed by atoms with E-state index in [0.717, 1.165) is 0 Å². The van der Waals surface area contributed by atoms with Crippen molar-refractivity contribution in [2.45, 2.75) is 13.3 Å². The van der Waals surface area contributed by atoms with Crippen LogP contribution in [-0.4, -0.2) is 33.7 Å². The van der Waals surface area contributed by atoms with E-state index in [2.05, 4.69) is 15.7 Å². The minimum absolute atomic E-state index is 0.0941. The average Bonchev–Trinajstić information content (AvgIpc) is 2.60. The molecule has 0 saturated carbocycles. The van der Waals surface area contributed by atoms with Gasteiger partial charge < -0.3 is 10.6 Å². The first kappa shape index (κ1) is 12.9. The van der Waals surface area contributed by atoms with E-state index in [-0.39, 0.29) is 23.8 Å². The molecule has 8 heteroatoms. The highest BCUT2D eigenvalue weighted by Gasteiger charge is 2.17. The van der Waals surface area contributed by atoms with E-state index in [9.17, 15) is 14.9 Å². The number of carbonyl (C=O) groups excluding carboxylic acids is 1. The van der Waals surface area contributed by atoms with E-state index in [1.165, 1.54) is 10.9 Å². The number of rotatable bonds is 6. The molecule has 0 bridgehead atoms. The van der Waals surface area contributed by atoms with Gasteiger partial charge in [-0.2, -0.15) is 0 Å². The molecule has 1 aromatic heterocycles. The summed E-state index contributed by atoms with van der Waals surface area (Å²) >= 11 is 0. The molecule has 1 heterocycles. The number of hydrogen-bond donors (Lipinski definition) is 2. The van der Waals surface area contributed by atoms with E-state index in [1.54, 1.807) is 7.05 Å². The number of hydrogen-bond acceptors (Lipinski definition) is 5. The van der Waals surface area contributed by atoms with Crippen LogP contribution in [0.15, 0.2) is 6.20 Å². The summed E-state index contributed by atoms with van der Waals surface area (Å²) in [6, 6.07) is 0. The second kappa shape index (κ2) is 5.83. The third-order valence-electron chi connectivity index (χ3n) is 2.02. The lowest BCUT2D eigenvalue weighted by molar-refractivity contribution is -0.384. The SMILES string of the molecule is CCNC(=O)CCNc1nn(C)cc1[N+](=O)[O-]. The summed E-state index contributed by atoms with van der Waals surface area (Å²) in [5.41, 5.74) is -0.0941. The summed E-state index contributed by atoms with van der Waals surface area (Å²) in [7, 11) is 1.60. The van der Waals surface area contributed by atoms with Crippen molar-refractivity contribution in [3.05, 3.63) is 16.3 Å². The summed E-state index contributed by atoms with van der Waals surface area (Å²) in [6.45, 7) is 2.71. The molecule has 94 valence electrons. The van der Waals surface area contributed by atoms with Gasteiger partial charge in [-0.15, -0.1) is 5.10 Å². The van der Waals surface area contributed by atoms with E-state index in [4.69, 9.17) is 0 Å². The molecular weight excluding hydrogens is 226 g/mol. The smallest absolute Gasteiger partial charge is 0.330 e. The zero-order valence-electron chi connectivity index (χ0n) is 9.77. The maximum Gasteiger partial charge on any atom is 0.330 e. The third-order valence-corrected chi connectivity index (χ3v) is 2.02. The van der Waals surface area contributed by atoms with Gasteiger partial charge in [0, 0.05) is 26.6 Å². The Bertz CT molecular complexity index is 415. The molecule has 1 rings (SSSR count). The second-order valence-corrected chi connectivity index (χ2v) is 3.42. The highest BCUT2D eigenvalue weighted by molar-refractivity contribution is 5.76. The van der Waals surface area contributed by atoms with Gasteiger partial charge in [-0.05, 0) is 6.92 Å². The number of anilines is 1. The Labute approximate surface area is 98.1 Å². The van der Waals surface area contributed by atoms with Gasteiger partial charge >= 0.3 is 5.69 Å². The lowest BCUT2D eigenvalue weighted by Gasteiger charge is -2.03. The van der Waals surface area contributed by atoms with Crippen molar-refractivity contribution in [3.8, 4) is 0 Å². The fourth-order valence-corrected chi connectivity index (χ4v) is 1.32. The Balaban J connectivity index is 2.51. The zero-order chi connectivity index (χ0) is 12.8. The Morgan fingerprint density at radius 3 is 2.94 bits per heavy atom. The van der Waals surface area contributed by atoms with Crippen molar-refractivity contribution in [2.75, 3.05) is 18.4 Å². The summed E-state index contributed by atoms with van der Waals surface area (Å²) in [5.74, 6) is 0.0837. The van der Waals surface area contributed by atoms with Gasteiger partial charge in [0.25, 0.3) is 0 Å². The van der Waals surface area contributed by atoms with E-state index < -0.39 is 4.92 Å². The molecule has 0 aromatic carbocycles. The molecule has 1 aromatic rings. The van der Waals surface area contributed by atoms with Crippen molar-refractivity contribution in [3.63, 3.8) is 0 Å². The molecule has 0 saturated heterocycles. The monoisotopic (exact) mass is 241 g/mol. The van der Waals surface area contributed by atoms with Gasteiger partial charge in [0.2, 0.25) is 11.7 Å². The second-order valence-electron chi connectivity index (χ2n) is 3.42. The molecule has 0 aliphatic rings. The zero-order valence-corrected chi connectivity index (χ0v) is 9.77. The van der Waals surface area contributed by atoms with Crippen LogP contribution >= 0.6 is 0 Å². The van der Waals surface area contributed by atoms with Gasteiger partial charge in [0.15, 0.2) is 0 Å². The van der Waals surface area contributed by atoms with Gasteiger partial charge in [0.1, 0.15) is 6.20 Å². The van der Waals surface area contributed by atoms with Crippen LogP contribution in [0.5, 0.6) is 0 Å². The Morgan fingerprint density at radius 1 is 1.65 bits per heavy atom. The lowest BCUT2D eigenvalue weighted by atomic mass is 10.4. The van der Waals surface area contributed by atoms with E-state index in [0.29, 0.717) is 13.1 Å². The molecule has 0 aliphatic carbocycles. The molecule has 0 radical (unpaired) electrons. The predicted molar refractivity (Wildman–Crippen MR) is 61.7 cm³/mol. The minimum atomic E-state index is -0.512. The van der Waals surface area contributed by atoms with Crippen LogP contribution < -0.4 is 10.6 Å². The van der Waals surface area contributed by atoms with Crippen molar-refractivity contribution < 1.29 is 9.72 Å². The number of nitro groups is 1. The maximum atomic E-state index is 11.1. The van der Waals surface area contributed by atoms with Crippen molar-refractivity contribution in [1.29, 1.82) is 0 Å². The molecule has 0 unspecified atom stereocenters. The van der Waals surface area contributed by atoms with Gasteiger partial charge in [-0.1, -0.05) is 0 Å². The minimum Gasteiger partial charge on any atom is -0.362 e. The van der Waals surface area contributed by atoms with Crippen molar-refractivity contribution in [2.24, 2.45) is 7.05 Å². The van der Waals surface area contributed by atoms with Crippen LogP contribution in [0.3, 0.4) is 0 Å². The largest absolute Gasteiger partial charge is 0.362 e. The van der Waals surface area contributed by atoms with Gasteiger partial charge in [-0.25, -0.2) is 0 Å². The number of aryl methyl sites for hydroxylation is 1. The van der Waals surface area contributed by atoms with Crippen LogP contribution in [0.4, 0.5) is 11.5 Å². The molecule has 2 N–H and O–H groups in total. The molecule has 17 heavy (non-hydrogen) atoms. The number of aromatic nitrogens is 2. The highest BCUT2D eigenvalue weighted by Crippen LogP contribution is 2.20. The summed E-state index contributed by atoms with van der Waals surface area (Å²) in [6.07, 6.45) is 1.57. The molecule has 0 fully saturated rings. The fourth-order valence-electron chi connectivity index (χ4n) is 1.32. The van der Waals surface area contributed by atoms with Crippen LogP contribution in [0.25, 0.3) is 0 Å². The summed E-state index contributed by atoms with van der Waals surface area (Å²) in [4.78, 5) is 21.3. The Morgan fingerprint density at radius 2 is 2.35 bits per heavy atom. The fraction of sp³-hybridized carbons (Fsp3) is 0.556. The number of nitrogens with zero attached hydrogens (tertiary/aromatic N) is 3. The third kappa shape index (κ3) is 3.74.